The van der Waals surface area contributed by atoms with Crippen LogP contribution < -0.4 is 16.4 Å². The third kappa shape index (κ3) is 10.6. The lowest BCUT2D eigenvalue weighted by atomic mass is 9.76. The third-order valence-electron chi connectivity index (χ3n) is 5.01. The van der Waals surface area contributed by atoms with E-state index >= 15 is 0 Å². The van der Waals surface area contributed by atoms with E-state index in [0.717, 1.165) is 0 Å². The minimum absolute atomic E-state index is 0.0883. The van der Waals surface area contributed by atoms with Gasteiger partial charge in [0.1, 0.15) is 11.4 Å². The summed E-state index contributed by atoms with van der Waals surface area (Å²) in [5, 5.41) is 25.4. The average molecular weight is 466 g/mol. The lowest BCUT2D eigenvalue weighted by molar-refractivity contribution is -0.146. The van der Waals surface area contributed by atoms with Crippen molar-refractivity contribution in [3.63, 3.8) is 0 Å². The summed E-state index contributed by atoms with van der Waals surface area (Å²) in [4.78, 5) is 36.4. The van der Waals surface area contributed by atoms with E-state index in [2.05, 4.69) is 10.6 Å². The number of carboxylic acid groups (broad SMARTS) is 1. The highest BCUT2D eigenvalue weighted by Gasteiger charge is 2.34. The fraction of sp³-hybridized carbons (Fsp3) is 0.625. The van der Waals surface area contributed by atoms with Gasteiger partial charge in [0, 0.05) is 12.5 Å². The van der Waals surface area contributed by atoms with Crippen molar-refractivity contribution in [3.05, 3.63) is 23.8 Å². The highest BCUT2D eigenvalue weighted by molar-refractivity contribution is 5.92. The Morgan fingerprint density at radius 1 is 1.12 bits per heavy atom. The van der Waals surface area contributed by atoms with Gasteiger partial charge in [-0.1, -0.05) is 26.8 Å². The minimum atomic E-state index is -0.947. The maximum Gasteiger partial charge on any atom is 0.407 e. The number of alkyl carbamates (subject to hydrolysis) is 1. The Bertz CT molecular complexity index is 826. The van der Waals surface area contributed by atoms with Crippen LogP contribution in [0.5, 0.6) is 5.75 Å². The molecule has 0 aliphatic carbocycles. The largest absolute Gasteiger partial charge is 0.506 e. The summed E-state index contributed by atoms with van der Waals surface area (Å²) in [7, 11) is 0. The molecule has 1 aromatic carbocycles. The van der Waals surface area contributed by atoms with Gasteiger partial charge in [0.05, 0.1) is 11.6 Å². The number of ether oxygens (including phenoxy) is 1. The standard InChI is InChI=1S/C24H39N3O6/c1-23(2,3)17(21(30)31)14-16(26-22(32)33-24(4,5)6)12-15-9-10-19(28)18(13-15)27-20(29)8-7-11-25/h9-10,13,16-17,28H,7-8,11-12,14,25H2,1-6H3,(H,26,32)(H,27,29)(H,30,31)/t16?,17-/m0/s1. The van der Waals surface area contributed by atoms with Crippen LogP contribution in [0, 0.1) is 11.3 Å². The molecule has 1 unspecified atom stereocenters. The lowest BCUT2D eigenvalue weighted by Crippen LogP contribution is -2.43. The maximum absolute atomic E-state index is 12.4. The smallest absolute Gasteiger partial charge is 0.407 e. The number of nitrogens with one attached hydrogen (secondary N) is 2. The number of amides is 2. The van der Waals surface area contributed by atoms with E-state index in [0.29, 0.717) is 18.5 Å². The van der Waals surface area contributed by atoms with Crippen LogP contribution in [-0.4, -0.2) is 46.4 Å². The zero-order valence-electron chi connectivity index (χ0n) is 20.5. The first-order chi connectivity index (χ1) is 15.1. The average Bonchev–Trinajstić information content (AvgIpc) is 2.64. The predicted molar refractivity (Wildman–Crippen MR) is 127 cm³/mol. The number of aliphatic carboxylic acids is 1. The quantitative estimate of drug-likeness (QED) is 0.331. The van der Waals surface area contributed by atoms with Crippen molar-refractivity contribution in [1.29, 1.82) is 0 Å². The van der Waals surface area contributed by atoms with Crippen molar-refractivity contribution >= 4 is 23.7 Å². The van der Waals surface area contributed by atoms with Crippen LogP contribution in [0.3, 0.4) is 0 Å². The highest BCUT2D eigenvalue weighted by Crippen LogP contribution is 2.32. The molecule has 0 saturated heterocycles. The van der Waals surface area contributed by atoms with E-state index in [-0.39, 0.29) is 36.6 Å². The molecule has 9 nitrogen and oxygen atoms in total. The summed E-state index contributed by atoms with van der Waals surface area (Å²) in [6.45, 7) is 11.1. The summed E-state index contributed by atoms with van der Waals surface area (Å²) < 4.78 is 5.36. The van der Waals surface area contributed by atoms with Crippen molar-refractivity contribution in [3.8, 4) is 5.75 Å². The number of carboxylic acids is 1. The fourth-order valence-corrected chi connectivity index (χ4v) is 3.35. The molecule has 0 bridgehead atoms. The number of hydrogen-bond donors (Lipinski definition) is 5. The predicted octanol–water partition coefficient (Wildman–Crippen LogP) is 3.64. The van der Waals surface area contributed by atoms with E-state index in [4.69, 9.17) is 10.5 Å². The molecule has 1 aromatic rings. The molecule has 9 heteroatoms. The summed E-state index contributed by atoms with van der Waals surface area (Å²) in [6.07, 6.45) is 0.578. The molecule has 2 atom stereocenters. The monoisotopic (exact) mass is 465 g/mol. The van der Waals surface area contributed by atoms with Gasteiger partial charge in [0.2, 0.25) is 5.91 Å². The molecule has 33 heavy (non-hydrogen) atoms. The van der Waals surface area contributed by atoms with Gasteiger partial charge in [-0.15, -0.1) is 0 Å². The van der Waals surface area contributed by atoms with Crippen LogP contribution in [0.2, 0.25) is 0 Å². The molecule has 1 rings (SSSR count). The molecular formula is C24H39N3O6. The molecule has 0 saturated carbocycles. The Morgan fingerprint density at radius 3 is 2.27 bits per heavy atom. The van der Waals surface area contributed by atoms with Gasteiger partial charge < -0.3 is 31.3 Å². The third-order valence-corrected chi connectivity index (χ3v) is 5.01. The zero-order chi connectivity index (χ0) is 25.4. The lowest BCUT2D eigenvalue weighted by Gasteiger charge is -2.31. The Morgan fingerprint density at radius 2 is 1.76 bits per heavy atom. The number of carbonyl (C=O) groups excluding carboxylic acids is 2. The second-order valence-electron chi connectivity index (χ2n) is 10.3. The minimum Gasteiger partial charge on any atom is -0.506 e. The molecule has 0 radical (unpaired) electrons. The summed E-state index contributed by atoms with van der Waals surface area (Å²) >= 11 is 0. The molecule has 0 fully saturated rings. The first-order valence-corrected chi connectivity index (χ1v) is 11.2. The summed E-state index contributed by atoms with van der Waals surface area (Å²) in [5.74, 6) is -2.02. The first kappa shape index (κ1) is 28.2. The van der Waals surface area contributed by atoms with Gasteiger partial charge in [-0.25, -0.2) is 4.79 Å². The Hall–Kier alpha value is -2.81. The van der Waals surface area contributed by atoms with Crippen LogP contribution in [0.25, 0.3) is 0 Å². The van der Waals surface area contributed by atoms with Gasteiger partial charge in [-0.05, 0) is 69.7 Å². The van der Waals surface area contributed by atoms with Crippen LogP contribution in [-0.2, 0) is 20.7 Å². The van der Waals surface area contributed by atoms with Gasteiger partial charge in [-0.2, -0.15) is 0 Å². The van der Waals surface area contributed by atoms with Crippen molar-refractivity contribution in [1.82, 2.24) is 5.32 Å². The second kappa shape index (κ2) is 11.9. The molecule has 186 valence electrons. The van der Waals surface area contributed by atoms with Gasteiger partial charge in [0.25, 0.3) is 0 Å². The number of hydrogen-bond acceptors (Lipinski definition) is 6. The van der Waals surface area contributed by atoms with Gasteiger partial charge in [-0.3, -0.25) is 9.59 Å². The molecule has 0 heterocycles. The molecule has 2 amide bonds. The number of aromatic hydroxyl groups is 1. The normalized spacial score (nSPS) is 13.7. The number of nitrogens with two attached hydrogens (primary N) is 1. The Kier molecular flexibility index (Phi) is 10.2. The van der Waals surface area contributed by atoms with E-state index in [9.17, 15) is 24.6 Å². The van der Waals surface area contributed by atoms with Crippen LogP contribution >= 0.6 is 0 Å². The molecule has 0 spiro atoms. The fourth-order valence-electron chi connectivity index (χ4n) is 3.35. The van der Waals surface area contributed by atoms with Crippen molar-refractivity contribution in [2.75, 3.05) is 11.9 Å². The van der Waals surface area contributed by atoms with Crippen molar-refractivity contribution < 1.29 is 29.3 Å². The number of anilines is 1. The van der Waals surface area contributed by atoms with E-state index in [1.165, 1.54) is 6.07 Å². The van der Waals surface area contributed by atoms with Crippen molar-refractivity contribution in [2.24, 2.45) is 17.1 Å². The van der Waals surface area contributed by atoms with Gasteiger partial charge in [0.15, 0.2) is 0 Å². The highest BCUT2D eigenvalue weighted by atomic mass is 16.6. The molecular weight excluding hydrogens is 426 g/mol. The molecule has 0 aliphatic rings. The number of carbonyl (C=O) groups is 3. The van der Waals surface area contributed by atoms with E-state index in [1.807, 2.05) is 20.8 Å². The second-order valence-corrected chi connectivity index (χ2v) is 10.3. The maximum atomic E-state index is 12.4. The summed E-state index contributed by atoms with van der Waals surface area (Å²) in [6, 6.07) is 4.19. The van der Waals surface area contributed by atoms with E-state index < -0.39 is 35.0 Å². The zero-order valence-corrected chi connectivity index (χ0v) is 20.5. The Labute approximate surface area is 196 Å². The molecule has 0 aliphatic heterocycles. The van der Waals surface area contributed by atoms with Crippen LogP contribution in [0.15, 0.2) is 18.2 Å². The van der Waals surface area contributed by atoms with Crippen molar-refractivity contribution in [2.45, 2.75) is 78.9 Å². The Balaban J connectivity index is 3.13. The van der Waals surface area contributed by atoms with E-state index in [1.54, 1.807) is 32.9 Å². The summed E-state index contributed by atoms with van der Waals surface area (Å²) in [5.41, 5.74) is 5.15. The number of phenolic OH excluding ortho intramolecular Hbond substituents is 1. The van der Waals surface area contributed by atoms with Gasteiger partial charge >= 0.3 is 12.1 Å². The van der Waals surface area contributed by atoms with Crippen LogP contribution in [0.1, 0.15) is 66.4 Å². The SMILES string of the molecule is CC(C)(C)OC(=O)NC(Cc1ccc(O)c(NC(=O)CCCN)c1)C[C@@H](C(=O)O)C(C)(C)C. The molecule has 6 N–H and O–H groups in total. The number of rotatable bonds is 10. The topological polar surface area (TPSA) is 151 Å². The molecule has 0 aromatic heterocycles. The number of phenols is 1. The van der Waals surface area contributed by atoms with Crippen LogP contribution in [0.4, 0.5) is 10.5 Å². The first-order valence-electron chi connectivity index (χ1n) is 11.2. The number of benzene rings is 1.